The second-order valence-electron chi connectivity index (χ2n) is 4.87. The number of rotatable bonds is 2. The first-order valence-electron chi connectivity index (χ1n) is 7.42. The summed E-state index contributed by atoms with van der Waals surface area (Å²) in [5.74, 6) is 12.3. The smallest absolute Gasteiger partial charge is 0.130 e. The van der Waals surface area contributed by atoms with E-state index >= 15 is 0 Å². The van der Waals surface area contributed by atoms with Crippen molar-refractivity contribution in [3.63, 3.8) is 0 Å². The molecule has 2 nitrogen and oxygen atoms in total. The molecule has 0 aliphatic carbocycles. The first-order valence-corrected chi connectivity index (χ1v) is 10.7. The molecule has 3 aromatic rings. The highest BCUT2D eigenvalue weighted by Crippen LogP contribution is 2.15. The van der Waals surface area contributed by atoms with Crippen molar-refractivity contribution in [1.82, 2.24) is 10.2 Å². The van der Waals surface area contributed by atoms with Gasteiger partial charge in [0, 0.05) is 20.9 Å². The molecular formula is C20H14N2S3. The number of benzene rings is 2. The molecule has 0 N–H and O–H groups in total. The van der Waals surface area contributed by atoms with Crippen LogP contribution in [0.4, 0.5) is 0 Å². The van der Waals surface area contributed by atoms with E-state index in [0.29, 0.717) is 10.0 Å². The van der Waals surface area contributed by atoms with E-state index in [1.54, 1.807) is 23.5 Å². The van der Waals surface area contributed by atoms with Crippen molar-refractivity contribution >= 4 is 34.9 Å². The van der Waals surface area contributed by atoms with Crippen molar-refractivity contribution < 1.29 is 0 Å². The number of hydrogen-bond donors (Lipinski definition) is 0. The lowest BCUT2D eigenvalue weighted by molar-refractivity contribution is 1.06. The molecule has 0 aliphatic heterocycles. The molecule has 5 heteroatoms. The van der Waals surface area contributed by atoms with Crippen molar-refractivity contribution in [2.24, 2.45) is 0 Å². The maximum Gasteiger partial charge on any atom is 0.192 e. The van der Waals surface area contributed by atoms with Crippen LogP contribution in [0.2, 0.25) is 0 Å². The number of aromatic nitrogens is 2. The Kier molecular flexibility index (Phi) is 6.19. The molecule has 1 heterocycles. The van der Waals surface area contributed by atoms with Crippen molar-refractivity contribution in [3.05, 3.63) is 69.7 Å². The Hall–Kier alpha value is -2.18. The molecule has 0 bridgehead atoms. The summed E-state index contributed by atoms with van der Waals surface area (Å²) in [7, 11) is 0. The molecule has 0 saturated carbocycles. The standard InChI is InChI=1S/C20H14N2S3/c1-23-17-9-3-15(4-10-17)7-13-19-21-22-20(25-19)14-8-16-5-11-18(24-2)12-6-16/h3-6,9-12H,1-2H3. The normalized spacial score (nSPS) is 9.68. The monoisotopic (exact) mass is 378 g/mol. The van der Waals surface area contributed by atoms with E-state index in [0.717, 1.165) is 11.1 Å². The molecule has 0 amide bonds. The fourth-order valence-corrected chi connectivity index (χ4v) is 3.29. The first-order chi connectivity index (χ1) is 12.3. The van der Waals surface area contributed by atoms with Gasteiger partial charge in [0.2, 0.25) is 0 Å². The summed E-state index contributed by atoms with van der Waals surface area (Å²) in [4.78, 5) is 2.45. The van der Waals surface area contributed by atoms with Gasteiger partial charge in [-0.1, -0.05) is 23.2 Å². The fourth-order valence-electron chi connectivity index (χ4n) is 1.92. The van der Waals surface area contributed by atoms with Gasteiger partial charge < -0.3 is 0 Å². The number of nitrogens with zero attached hydrogens (tertiary/aromatic N) is 2. The van der Waals surface area contributed by atoms with Gasteiger partial charge in [0.25, 0.3) is 0 Å². The summed E-state index contributed by atoms with van der Waals surface area (Å²) >= 11 is 4.84. The van der Waals surface area contributed by atoms with Crippen molar-refractivity contribution in [3.8, 4) is 23.7 Å². The molecular weight excluding hydrogens is 364 g/mol. The Bertz CT molecular complexity index is 886. The van der Waals surface area contributed by atoms with Crippen LogP contribution in [0.1, 0.15) is 21.1 Å². The minimum atomic E-state index is 0.677. The average Bonchev–Trinajstić information content (AvgIpc) is 3.13. The van der Waals surface area contributed by atoms with Gasteiger partial charge in [-0.2, -0.15) is 0 Å². The van der Waals surface area contributed by atoms with E-state index in [2.05, 4.69) is 70.7 Å². The van der Waals surface area contributed by atoms with Gasteiger partial charge in [0.05, 0.1) is 0 Å². The third-order valence-electron chi connectivity index (χ3n) is 3.23. The van der Waals surface area contributed by atoms with E-state index < -0.39 is 0 Å². The SMILES string of the molecule is CSc1ccc(C#Cc2nnc(C#Cc3ccc(SC)cc3)s2)cc1. The zero-order valence-electron chi connectivity index (χ0n) is 13.7. The Morgan fingerprint density at radius 3 is 1.40 bits per heavy atom. The third kappa shape index (κ3) is 5.14. The van der Waals surface area contributed by atoms with E-state index in [9.17, 15) is 0 Å². The van der Waals surface area contributed by atoms with Gasteiger partial charge in [-0.15, -0.1) is 33.7 Å². The van der Waals surface area contributed by atoms with Crippen LogP contribution >= 0.6 is 34.9 Å². The van der Waals surface area contributed by atoms with Crippen LogP contribution in [0, 0.1) is 23.7 Å². The van der Waals surface area contributed by atoms with E-state index in [4.69, 9.17) is 0 Å². The first kappa shape index (κ1) is 17.6. The molecule has 0 saturated heterocycles. The molecule has 122 valence electrons. The third-order valence-corrected chi connectivity index (χ3v) is 5.47. The molecule has 2 aromatic carbocycles. The molecule has 25 heavy (non-hydrogen) atoms. The van der Waals surface area contributed by atoms with Gasteiger partial charge in [-0.05, 0) is 72.9 Å². The minimum absolute atomic E-state index is 0.677. The minimum Gasteiger partial charge on any atom is -0.130 e. The highest BCUT2D eigenvalue weighted by molar-refractivity contribution is 7.98. The molecule has 1 aromatic heterocycles. The Morgan fingerprint density at radius 2 is 1.04 bits per heavy atom. The molecule has 0 radical (unpaired) electrons. The van der Waals surface area contributed by atoms with Crippen LogP contribution in [-0.4, -0.2) is 22.7 Å². The molecule has 3 rings (SSSR count). The van der Waals surface area contributed by atoms with Crippen molar-refractivity contribution in [1.29, 1.82) is 0 Å². The lowest BCUT2D eigenvalue weighted by atomic mass is 10.2. The number of thioether (sulfide) groups is 2. The summed E-state index contributed by atoms with van der Waals surface area (Å²) in [6, 6.07) is 16.3. The molecule has 0 unspecified atom stereocenters. The van der Waals surface area contributed by atoms with E-state index in [1.165, 1.54) is 21.1 Å². The van der Waals surface area contributed by atoms with Crippen LogP contribution in [0.3, 0.4) is 0 Å². The topological polar surface area (TPSA) is 25.8 Å². The van der Waals surface area contributed by atoms with Crippen LogP contribution < -0.4 is 0 Å². The van der Waals surface area contributed by atoms with Crippen molar-refractivity contribution in [2.45, 2.75) is 9.79 Å². The summed E-state index contributed by atoms with van der Waals surface area (Å²) in [6.45, 7) is 0. The molecule has 0 fully saturated rings. The van der Waals surface area contributed by atoms with Gasteiger partial charge in [-0.25, -0.2) is 0 Å². The summed E-state index contributed by atoms with van der Waals surface area (Å²) in [6.07, 6.45) is 4.11. The Morgan fingerprint density at radius 1 is 0.640 bits per heavy atom. The van der Waals surface area contributed by atoms with Crippen LogP contribution in [0.5, 0.6) is 0 Å². The largest absolute Gasteiger partial charge is 0.192 e. The molecule has 0 atom stereocenters. The highest BCUT2D eigenvalue weighted by atomic mass is 32.2. The predicted octanol–water partition coefficient (Wildman–Crippen LogP) is 4.78. The quantitative estimate of drug-likeness (QED) is 0.473. The van der Waals surface area contributed by atoms with Gasteiger partial charge >= 0.3 is 0 Å². The lowest BCUT2D eigenvalue weighted by Gasteiger charge is -1.94. The predicted molar refractivity (Wildman–Crippen MR) is 108 cm³/mol. The van der Waals surface area contributed by atoms with Gasteiger partial charge in [0.15, 0.2) is 10.0 Å². The van der Waals surface area contributed by atoms with Gasteiger partial charge in [0.1, 0.15) is 0 Å². The zero-order valence-corrected chi connectivity index (χ0v) is 16.2. The summed E-state index contributed by atoms with van der Waals surface area (Å²) in [5, 5.41) is 9.53. The summed E-state index contributed by atoms with van der Waals surface area (Å²) in [5.41, 5.74) is 1.93. The van der Waals surface area contributed by atoms with Crippen molar-refractivity contribution in [2.75, 3.05) is 12.5 Å². The zero-order chi connectivity index (χ0) is 17.5. The second-order valence-corrected chi connectivity index (χ2v) is 7.61. The van der Waals surface area contributed by atoms with Gasteiger partial charge in [-0.3, -0.25) is 0 Å². The second kappa shape index (κ2) is 8.78. The fraction of sp³-hybridized carbons (Fsp3) is 0.100. The molecule has 0 spiro atoms. The van der Waals surface area contributed by atoms with E-state index in [-0.39, 0.29) is 0 Å². The highest BCUT2D eigenvalue weighted by Gasteiger charge is 1.98. The number of hydrogen-bond acceptors (Lipinski definition) is 5. The lowest BCUT2D eigenvalue weighted by Crippen LogP contribution is -1.77. The maximum absolute atomic E-state index is 4.09. The van der Waals surface area contributed by atoms with Crippen LogP contribution in [0.25, 0.3) is 0 Å². The summed E-state index contributed by atoms with van der Waals surface area (Å²) < 4.78 is 0. The van der Waals surface area contributed by atoms with E-state index in [1.807, 2.05) is 24.3 Å². The maximum atomic E-state index is 4.09. The van der Waals surface area contributed by atoms with Crippen LogP contribution in [-0.2, 0) is 0 Å². The Balaban J connectivity index is 1.70. The van der Waals surface area contributed by atoms with Crippen LogP contribution in [0.15, 0.2) is 58.3 Å². The Labute approximate surface area is 160 Å². The average molecular weight is 379 g/mol. The molecule has 0 aliphatic rings.